The van der Waals surface area contributed by atoms with Crippen LogP contribution in [0.4, 0.5) is 18.9 Å². The Kier molecular flexibility index (Phi) is 8.61. The summed E-state index contributed by atoms with van der Waals surface area (Å²) in [6.07, 6.45) is -5.27. The van der Waals surface area contributed by atoms with Gasteiger partial charge >= 0.3 is 0 Å². The van der Waals surface area contributed by atoms with Gasteiger partial charge in [0, 0.05) is 23.4 Å². The molecule has 1 aromatic heterocycles. The fraction of sp³-hybridized carbons (Fsp3) is 0.423. The third kappa shape index (κ3) is 5.56. The number of aliphatic hydroxyl groups is 3. The third-order valence-corrected chi connectivity index (χ3v) is 7.39. The van der Waals surface area contributed by atoms with Crippen molar-refractivity contribution >= 4 is 23.2 Å². The summed E-state index contributed by atoms with van der Waals surface area (Å²) in [5.74, 6) is -5.19. The molecule has 0 spiro atoms. The number of nitrogens with zero attached hydrogens (tertiary/aromatic N) is 4. The van der Waals surface area contributed by atoms with E-state index < -0.39 is 72.6 Å². The molecule has 0 unspecified atom stereocenters. The third-order valence-electron chi connectivity index (χ3n) is 7.15. The number of ether oxygens (including phenoxy) is 3. The first-order valence-corrected chi connectivity index (χ1v) is 12.9. The van der Waals surface area contributed by atoms with E-state index >= 15 is 0 Å². The van der Waals surface area contributed by atoms with Gasteiger partial charge in [-0.1, -0.05) is 22.9 Å². The standard InChI is InChI=1S/C26H26ClF3N4O7/c1-39-24-22(33-8-17(31-32-33)12-5-15(28)21(30)16(29)6-12)23(37)20(9-35)41-25(24)26(38)34(18-10-40-11-19(18)36)14-4-2-3-13(27)7-14/h2-8,18-20,22-25,35-37H,9-11H2,1H3/t18-,19-,20-,22+,23+,24-,25-/m1/s1. The Hall–Kier alpha value is -3.11. The van der Waals surface area contributed by atoms with Crippen molar-refractivity contribution < 1.29 is 47.5 Å². The molecule has 11 nitrogen and oxygen atoms in total. The van der Waals surface area contributed by atoms with Crippen LogP contribution in [-0.2, 0) is 19.0 Å². The molecule has 2 aliphatic heterocycles. The predicted molar refractivity (Wildman–Crippen MR) is 136 cm³/mol. The average molecular weight is 599 g/mol. The molecule has 7 atom stereocenters. The van der Waals surface area contributed by atoms with Crippen LogP contribution in [0, 0.1) is 17.5 Å². The number of carbonyl (C=O) groups is 1. The number of anilines is 1. The number of aliphatic hydroxyl groups excluding tert-OH is 3. The molecule has 0 saturated carbocycles. The highest BCUT2D eigenvalue weighted by molar-refractivity contribution is 6.31. The maximum absolute atomic E-state index is 14.2. The van der Waals surface area contributed by atoms with E-state index in [2.05, 4.69) is 10.3 Å². The highest BCUT2D eigenvalue weighted by atomic mass is 35.5. The summed E-state index contributed by atoms with van der Waals surface area (Å²) in [6.45, 7) is -0.697. The number of halogens is 4. The Labute approximate surface area is 236 Å². The van der Waals surface area contributed by atoms with E-state index in [-0.39, 0.29) is 24.5 Å². The lowest BCUT2D eigenvalue weighted by Gasteiger charge is -2.45. The molecule has 2 aliphatic rings. The maximum atomic E-state index is 14.2. The quantitative estimate of drug-likeness (QED) is 0.345. The normalized spacial score (nSPS) is 28.1. The van der Waals surface area contributed by atoms with Gasteiger partial charge in [-0.25, -0.2) is 17.9 Å². The summed E-state index contributed by atoms with van der Waals surface area (Å²) < 4.78 is 59.2. The van der Waals surface area contributed by atoms with E-state index in [4.69, 9.17) is 25.8 Å². The van der Waals surface area contributed by atoms with E-state index in [0.717, 1.165) is 16.8 Å². The maximum Gasteiger partial charge on any atom is 0.259 e. The molecular weight excluding hydrogens is 573 g/mol. The van der Waals surface area contributed by atoms with E-state index in [1.807, 2.05) is 0 Å². The zero-order chi connectivity index (χ0) is 29.4. The number of hydrogen-bond acceptors (Lipinski definition) is 9. The minimum absolute atomic E-state index is 0.0104. The number of amides is 1. The summed E-state index contributed by atoms with van der Waals surface area (Å²) in [5.41, 5.74) is 0.144. The number of carbonyl (C=O) groups excluding carboxylic acids is 1. The molecule has 220 valence electrons. The van der Waals surface area contributed by atoms with E-state index in [1.54, 1.807) is 18.2 Å². The molecule has 2 fully saturated rings. The molecule has 2 aromatic carbocycles. The Morgan fingerprint density at radius 2 is 1.93 bits per heavy atom. The first-order chi connectivity index (χ1) is 19.6. The van der Waals surface area contributed by atoms with Gasteiger partial charge in [-0.3, -0.25) is 4.79 Å². The molecule has 3 heterocycles. The van der Waals surface area contributed by atoms with Crippen LogP contribution in [0.3, 0.4) is 0 Å². The van der Waals surface area contributed by atoms with Gasteiger partial charge in [0.05, 0.1) is 32.1 Å². The van der Waals surface area contributed by atoms with Gasteiger partial charge in [0.25, 0.3) is 5.91 Å². The van der Waals surface area contributed by atoms with Crippen LogP contribution in [0.5, 0.6) is 0 Å². The van der Waals surface area contributed by atoms with Gasteiger partial charge in [0.2, 0.25) is 0 Å². The number of rotatable bonds is 7. The van der Waals surface area contributed by atoms with Crippen molar-refractivity contribution in [3.63, 3.8) is 0 Å². The monoisotopic (exact) mass is 598 g/mol. The largest absolute Gasteiger partial charge is 0.394 e. The molecule has 5 rings (SSSR count). The van der Waals surface area contributed by atoms with Crippen molar-refractivity contribution in [1.29, 1.82) is 0 Å². The number of methoxy groups -OCH3 is 1. The highest BCUT2D eigenvalue weighted by Gasteiger charge is 2.52. The molecule has 1 amide bonds. The molecule has 0 aliphatic carbocycles. The van der Waals surface area contributed by atoms with E-state index in [9.17, 15) is 33.3 Å². The summed E-state index contributed by atoms with van der Waals surface area (Å²) in [5, 5.41) is 39.9. The topological polar surface area (TPSA) is 139 Å². The number of benzene rings is 2. The molecule has 2 saturated heterocycles. The van der Waals surface area contributed by atoms with Crippen LogP contribution in [-0.4, -0.2) is 99.7 Å². The SMILES string of the molecule is CO[C@@H]1[C@@H](n2cc(-c3cc(F)c(F)c(F)c3)nn2)[C@@H](O)[C@@H](CO)O[C@H]1C(=O)N(c1cccc(Cl)c1)[C@@H]1COC[C@H]1O. The van der Waals surface area contributed by atoms with Gasteiger partial charge in [0.15, 0.2) is 23.6 Å². The second-order valence-electron chi connectivity index (χ2n) is 9.66. The Balaban J connectivity index is 1.53. The fourth-order valence-corrected chi connectivity index (χ4v) is 5.33. The average Bonchev–Trinajstić information content (AvgIpc) is 3.61. The Bertz CT molecular complexity index is 1390. The Morgan fingerprint density at radius 3 is 2.54 bits per heavy atom. The Morgan fingerprint density at radius 1 is 1.20 bits per heavy atom. The van der Waals surface area contributed by atoms with Crippen LogP contribution < -0.4 is 4.90 Å². The van der Waals surface area contributed by atoms with Crippen LogP contribution in [0.1, 0.15) is 6.04 Å². The van der Waals surface area contributed by atoms with Gasteiger partial charge in [-0.15, -0.1) is 5.10 Å². The lowest BCUT2D eigenvalue weighted by atomic mass is 9.91. The molecular formula is C26H26ClF3N4O7. The van der Waals surface area contributed by atoms with Crippen molar-refractivity contribution in [2.45, 2.75) is 42.6 Å². The summed E-state index contributed by atoms with van der Waals surface area (Å²) >= 11 is 6.19. The molecule has 0 radical (unpaired) electrons. The summed E-state index contributed by atoms with van der Waals surface area (Å²) in [7, 11) is 1.27. The zero-order valence-electron chi connectivity index (χ0n) is 21.5. The predicted octanol–water partition coefficient (Wildman–Crippen LogP) is 1.49. The number of aromatic nitrogens is 3. The lowest BCUT2D eigenvalue weighted by Crippen LogP contribution is -2.63. The molecule has 3 aromatic rings. The van der Waals surface area contributed by atoms with Gasteiger partial charge in [0.1, 0.15) is 36.2 Å². The van der Waals surface area contributed by atoms with E-state index in [1.165, 1.54) is 24.3 Å². The van der Waals surface area contributed by atoms with Gasteiger partial charge in [-0.05, 0) is 30.3 Å². The first-order valence-electron chi connectivity index (χ1n) is 12.5. The van der Waals surface area contributed by atoms with Crippen LogP contribution in [0.25, 0.3) is 11.3 Å². The fourth-order valence-electron chi connectivity index (χ4n) is 5.14. The summed E-state index contributed by atoms with van der Waals surface area (Å²) in [4.78, 5) is 15.5. The lowest BCUT2D eigenvalue weighted by molar-refractivity contribution is -0.211. The van der Waals surface area contributed by atoms with Crippen molar-refractivity contribution in [2.75, 3.05) is 31.8 Å². The van der Waals surface area contributed by atoms with Crippen molar-refractivity contribution in [3.8, 4) is 11.3 Å². The zero-order valence-corrected chi connectivity index (χ0v) is 22.2. The molecule has 41 heavy (non-hydrogen) atoms. The van der Waals surface area contributed by atoms with Crippen LogP contribution in [0.15, 0.2) is 42.6 Å². The van der Waals surface area contributed by atoms with Gasteiger partial charge < -0.3 is 34.4 Å². The van der Waals surface area contributed by atoms with Crippen molar-refractivity contribution in [2.24, 2.45) is 0 Å². The van der Waals surface area contributed by atoms with Crippen molar-refractivity contribution in [1.82, 2.24) is 15.0 Å². The number of hydrogen-bond donors (Lipinski definition) is 3. The summed E-state index contributed by atoms with van der Waals surface area (Å²) in [6, 6.07) is 5.83. The van der Waals surface area contributed by atoms with E-state index in [0.29, 0.717) is 10.7 Å². The van der Waals surface area contributed by atoms with Crippen molar-refractivity contribution in [3.05, 3.63) is 65.1 Å². The second-order valence-corrected chi connectivity index (χ2v) is 10.1. The highest BCUT2D eigenvalue weighted by Crippen LogP contribution is 2.36. The smallest absolute Gasteiger partial charge is 0.259 e. The second kappa shape index (κ2) is 12.0. The molecule has 0 bridgehead atoms. The minimum atomic E-state index is -1.64. The van der Waals surface area contributed by atoms with Crippen LogP contribution >= 0.6 is 11.6 Å². The minimum Gasteiger partial charge on any atom is -0.394 e. The van der Waals surface area contributed by atoms with Gasteiger partial charge in [-0.2, -0.15) is 0 Å². The first kappa shape index (κ1) is 29.4. The molecule has 15 heteroatoms. The molecule has 3 N–H and O–H groups in total. The van der Waals surface area contributed by atoms with Crippen LogP contribution in [0.2, 0.25) is 5.02 Å².